The van der Waals surface area contributed by atoms with Crippen molar-refractivity contribution in [3.8, 4) is 11.6 Å². The highest BCUT2D eigenvalue weighted by molar-refractivity contribution is 5.32. The molecule has 5 heteroatoms. The molecule has 1 aromatic carbocycles. The lowest BCUT2D eigenvalue weighted by molar-refractivity contribution is 0.404. The molecule has 2 rings (SSSR count). The van der Waals surface area contributed by atoms with Crippen LogP contribution in [0.15, 0.2) is 30.3 Å². The van der Waals surface area contributed by atoms with E-state index in [9.17, 15) is 8.78 Å². The summed E-state index contributed by atoms with van der Waals surface area (Å²) in [5.41, 5.74) is 1.86. The zero-order valence-electron chi connectivity index (χ0n) is 12.1. The van der Waals surface area contributed by atoms with Crippen LogP contribution in [0.1, 0.15) is 24.6 Å². The Morgan fingerprint density at radius 2 is 2.05 bits per heavy atom. The van der Waals surface area contributed by atoms with E-state index in [0.29, 0.717) is 6.54 Å². The summed E-state index contributed by atoms with van der Waals surface area (Å²) in [6, 6.07) is 7.53. The quantitative estimate of drug-likeness (QED) is 0.878. The molecule has 0 fully saturated rings. The summed E-state index contributed by atoms with van der Waals surface area (Å²) in [4.78, 5) is 4.33. The first-order chi connectivity index (χ1) is 10.1. The molecule has 0 amide bonds. The van der Waals surface area contributed by atoms with Crippen LogP contribution in [-0.2, 0) is 13.0 Å². The maximum atomic E-state index is 13.6. The minimum Gasteiger partial charge on any atom is -0.436 e. The first-order valence-corrected chi connectivity index (χ1v) is 6.90. The van der Waals surface area contributed by atoms with Crippen molar-refractivity contribution in [3.05, 3.63) is 53.2 Å². The molecule has 0 spiro atoms. The summed E-state index contributed by atoms with van der Waals surface area (Å²) in [5.74, 6) is -1.83. The van der Waals surface area contributed by atoms with E-state index in [0.717, 1.165) is 30.2 Å². The first-order valence-electron chi connectivity index (χ1n) is 6.90. The maximum Gasteiger partial charge on any atom is 0.219 e. The van der Waals surface area contributed by atoms with Crippen molar-refractivity contribution in [1.82, 2.24) is 10.3 Å². The van der Waals surface area contributed by atoms with Crippen LogP contribution >= 0.6 is 0 Å². The van der Waals surface area contributed by atoms with E-state index in [1.165, 1.54) is 12.1 Å². The van der Waals surface area contributed by atoms with Gasteiger partial charge in [0, 0.05) is 18.3 Å². The number of rotatable bonds is 6. The Kier molecular flexibility index (Phi) is 5.22. The average Bonchev–Trinajstić information content (AvgIpc) is 2.44. The van der Waals surface area contributed by atoms with Crippen LogP contribution in [0.2, 0.25) is 0 Å². The van der Waals surface area contributed by atoms with Gasteiger partial charge in [0.25, 0.3) is 0 Å². The Labute approximate surface area is 123 Å². The van der Waals surface area contributed by atoms with Gasteiger partial charge in [-0.1, -0.05) is 19.4 Å². The Hall–Kier alpha value is -2.01. The molecule has 0 radical (unpaired) electrons. The Morgan fingerprint density at radius 1 is 1.24 bits per heavy atom. The van der Waals surface area contributed by atoms with Crippen molar-refractivity contribution in [1.29, 1.82) is 0 Å². The molecule has 0 saturated heterocycles. The highest BCUT2D eigenvalue weighted by atomic mass is 19.2. The molecular weight excluding hydrogens is 274 g/mol. The van der Waals surface area contributed by atoms with Crippen molar-refractivity contribution in [3.63, 3.8) is 0 Å². The van der Waals surface area contributed by atoms with Gasteiger partial charge in [-0.2, -0.15) is 4.39 Å². The second-order valence-corrected chi connectivity index (χ2v) is 4.74. The molecule has 0 aliphatic heterocycles. The topological polar surface area (TPSA) is 34.1 Å². The molecule has 0 unspecified atom stereocenters. The number of hydrogen-bond acceptors (Lipinski definition) is 3. The molecule has 0 atom stereocenters. The third-order valence-electron chi connectivity index (χ3n) is 2.93. The number of benzene rings is 1. The fraction of sp³-hybridized carbons (Fsp3) is 0.312. The molecule has 1 aromatic heterocycles. The molecule has 112 valence electrons. The Balaban J connectivity index is 2.31. The lowest BCUT2D eigenvalue weighted by atomic mass is 10.1. The van der Waals surface area contributed by atoms with E-state index in [1.807, 2.05) is 13.1 Å². The molecule has 3 nitrogen and oxygen atoms in total. The van der Waals surface area contributed by atoms with Crippen molar-refractivity contribution < 1.29 is 13.5 Å². The zero-order valence-corrected chi connectivity index (χ0v) is 12.1. The third kappa shape index (κ3) is 3.98. The van der Waals surface area contributed by atoms with Crippen LogP contribution < -0.4 is 10.1 Å². The summed E-state index contributed by atoms with van der Waals surface area (Å²) in [5, 5.41) is 3.05. The first kappa shape index (κ1) is 15.4. The lowest BCUT2D eigenvalue weighted by Gasteiger charge is -2.10. The van der Waals surface area contributed by atoms with E-state index in [-0.39, 0.29) is 11.6 Å². The van der Waals surface area contributed by atoms with Gasteiger partial charge in [-0.25, -0.2) is 9.37 Å². The van der Waals surface area contributed by atoms with Gasteiger partial charge >= 0.3 is 0 Å². The van der Waals surface area contributed by atoms with Crippen LogP contribution in [0.4, 0.5) is 8.78 Å². The van der Waals surface area contributed by atoms with Crippen molar-refractivity contribution in [2.45, 2.75) is 26.3 Å². The van der Waals surface area contributed by atoms with E-state index < -0.39 is 11.6 Å². The van der Waals surface area contributed by atoms with Crippen LogP contribution in [0.3, 0.4) is 0 Å². The third-order valence-corrected chi connectivity index (χ3v) is 2.93. The highest BCUT2D eigenvalue weighted by Gasteiger charge is 2.11. The molecule has 21 heavy (non-hydrogen) atoms. The molecule has 0 saturated carbocycles. The van der Waals surface area contributed by atoms with Crippen molar-refractivity contribution >= 4 is 0 Å². The van der Waals surface area contributed by atoms with Gasteiger partial charge in [-0.05, 0) is 37.2 Å². The number of pyridine rings is 1. The molecule has 0 aliphatic rings. The number of halogens is 2. The molecule has 0 bridgehead atoms. The van der Waals surface area contributed by atoms with Crippen LogP contribution in [0, 0.1) is 11.6 Å². The maximum absolute atomic E-state index is 13.6. The predicted octanol–water partition coefficient (Wildman–Crippen LogP) is 3.82. The smallest absolute Gasteiger partial charge is 0.219 e. The number of nitrogens with one attached hydrogen (secondary N) is 1. The van der Waals surface area contributed by atoms with Gasteiger partial charge in [-0.3, -0.25) is 0 Å². The van der Waals surface area contributed by atoms with Crippen molar-refractivity contribution in [2.75, 3.05) is 7.05 Å². The number of nitrogens with zero attached hydrogens (tertiary/aromatic N) is 1. The van der Waals surface area contributed by atoms with Crippen molar-refractivity contribution in [2.24, 2.45) is 0 Å². The fourth-order valence-corrected chi connectivity index (χ4v) is 2.04. The number of aromatic nitrogens is 1. The highest BCUT2D eigenvalue weighted by Crippen LogP contribution is 2.25. The van der Waals surface area contributed by atoms with E-state index in [4.69, 9.17) is 4.74 Å². The van der Waals surface area contributed by atoms with Crippen LogP contribution in [0.25, 0.3) is 0 Å². The van der Waals surface area contributed by atoms with Gasteiger partial charge in [0.15, 0.2) is 11.6 Å². The Morgan fingerprint density at radius 3 is 2.76 bits per heavy atom. The molecular formula is C16H18F2N2O. The molecule has 0 aliphatic carbocycles. The van der Waals surface area contributed by atoms with Gasteiger partial charge in [0.1, 0.15) is 0 Å². The summed E-state index contributed by atoms with van der Waals surface area (Å²) >= 11 is 0. The lowest BCUT2D eigenvalue weighted by Crippen LogP contribution is -2.07. The minimum absolute atomic E-state index is 0.161. The van der Waals surface area contributed by atoms with E-state index >= 15 is 0 Å². The fourth-order valence-electron chi connectivity index (χ4n) is 2.04. The van der Waals surface area contributed by atoms with Crippen LogP contribution in [-0.4, -0.2) is 12.0 Å². The van der Waals surface area contributed by atoms with Gasteiger partial charge < -0.3 is 10.1 Å². The van der Waals surface area contributed by atoms with Gasteiger partial charge in [-0.15, -0.1) is 0 Å². The van der Waals surface area contributed by atoms with Gasteiger partial charge in [0.2, 0.25) is 11.7 Å². The summed E-state index contributed by atoms with van der Waals surface area (Å²) < 4.78 is 32.3. The molecule has 1 N–H and O–H groups in total. The largest absolute Gasteiger partial charge is 0.436 e. The summed E-state index contributed by atoms with van der Waals surface area (Å²) in [6.45, 7) is 2.71. The van der Waals surface area contributed by atoms with Gasteiger partial charge in [0.05, 0.1) is 0 Å². The summed E-state index contributed by atoms with van der Waals surface area (Å²) in [7, 11) is 1.84. The molecule has 2 aromatic rings. The predicted molar refractivity (Wildman–Crippen MR) is 77.4 cm³/mol. The van der Waals surface area contributed by atoms with E-state index in [2.05, 4.69) is 17.2 Å². The van der Waals surface area contributed by atoms with E-state index in [1.54, 1.807) is 6.07 Å². The average molecular weight is 292 g/mol. The second-order valence-electron chi connectivity index (χ2n) is 4.74. The SMILES string of the molecule is CCCc1cc(CNC)cc(Oc2cccc(F)c2F)n1. The monoisotopic (exact) mass is 292 g/mol. The second kappa shape index (κ2) is 7.13. The normalized spacial score (nSPS) is 10.7. The zero-order chi connectivity index (χ0) is 15.2. The molecule has 1 heterocycles. The number of ether oxygens (including phenoxy) is 1. The summed E-state index contributed by atoms with van der Waals surface area (Å²) in [6.07, 6.45) is 1.75. The standard InChI is InChI=1S/C16H18F2N2O/c1-3-5-12-8-11(10-19-2)9-15(20-12)21-14-7-4-6-13(17)16(14)18/h4,6-9,19H,3,5,10H2,1-2H3. The number of hydrogen-bond donors (Lipinski definition) is 1. The minimum atomic E-state index is -1.00. The number of aryl methyl sites for hydroxylation is 1. The Bertz CT molecular complexity index is 593. The van der Waals surface area contributed by atoms with Crippen LogP contribution in [0.5, 0.6) is 11.6 Å².